The number of imidazole rings is 1. The molecule has 5 nitrogen and oxygen atoms in total. The molecule has 1 saturated heterocycles. The van der Waals surface area contributed by atoms with E-state index in [0.29, 0.717) is 0 Å². The van der Waals surface area contributed by atoms with E-state index < -0.39 is 0 Å². The molecule has 4 aromatic rings. The minimum Gasteiger partial charge on any atom is -0.301 e. The zero-order chi connectivity index (χ0) is 25.1. The van der Waals surface area contributed by atoms with Gasteiger partial charge in [-0.25, -0.2) is 4.79 Å². The Labute approximate surface area is 213 Å². The maximum atomic E-state index is 13.2. The number of hydrogen-bond acceptors (Lipinski definition) is 3. The van der Waals surface area contributed by atoms with Crippen molar-refractivity contribution in [2.24, 2.45) is 0 Å². The van der Waals surface area contributed by atoms with Gasteiger partial charge in [-0.3, -0.25) is 14.0 Å². The van der Waals surface area contributed by atoms with E-state index in [1.807, 2.05) is 17.6 Å². The molecule has 1 aliphatic rings. The molecule has 186 valence electrons. The van der Waals surface area contributed by atoms with Gasteiger partial charge in [0.05, 0.1) is 17.1 Å². The topological polar surface area (TPSA) is 33.4 Å². The molecule has 3 aromatic carbocycles. The van der Waals surface area contributed by atoms with E-state index in [4.69, 9.17) is 0 Å². The zero-order valence-corrected chi connectivity index (χ0v) is 21.4. The first kappa shape index (κ1) is 24.3. The Bertz CT molecular complexity index is 1340. The van der Waals surface area contributed by atoms with Gasteiger partial charge in [-0.2, -0.15) is 0 Å². The summed E-state index contributed by atoms with van der Waals surface area (Å²) >= 11 is 0. The van der Waals surface area contributed by atoms with Gasteiger partial charge >= 0.3 is 5.69 Å². The highest BCUT2D eigenvalue weighted by atomic mass is 16.1. The lowest BCUT2D eigenvalue weighted by atomic mass is 9.96. The third-order valence-corrected chi connectivity index (χ3v) is 7.33. The van der Waals surface area contributed by atoms with Crippen LogP contribution in [-0.2, 0) is 6.54 Å². The van der Waals surface area contributed by atoms with E-state index in [-0.39, 0.29) is 11.7 Å². The summed E-state index contributed by atoms with van der Waals surface area (Å²) in [5, 5.41) is 0. The second-order valence-electron chi connectivity index (χ2n) is 9.95. The van der Waals surface area contributed by atoms with Crippen molar-refractivity contribution in [3.63, 3.8) is 0 Å². The van der Waals surface area contributed by atoms with Gasteiger partial charge in [0.2, 0.25) is 0 Å². The summed E-state index contributed by atoms with van der Waals surface area (Å²) in [5.41, 5.74) is 6.58. The number of allylic oxidation sites excluding steroid dienone is 1. The number of nitrogens with zero attached hydrogens (tertiary/aromatic N) is 4. The Kier molecular flexibility index (Phi) is 7.21. The minimum atomic E-state index is 0.0153. The van der Waals surface area contributed by atoms with Crippen LogP contribution in [0.3, 0.4) is 0 Å². The third kappa shape index (κ3) is 4.95. The number of hydrogen-bond donors (Lipinski definition) is 0. The van der Waals surface area contributed by atoms with Crippen molar-refractivity contribution in [3.05, 3.63) is 113 Å². The van der Waals surface area contributed by atoms with Gasteiger partial charge < -0.3 is 4.90 Å². The number of fused-ring (bicyclic) bond motifs is 1. The molecule has 0 radical (unpaired) electrons. The first-order chi connectivity index (χ1) is 17.5. The van der Waals surface area contributed by atoms with Crippen LogP contribution in [0.5, 0.6) is 0 Å². The molecule has 0 aliphatic carbocycles. The van der Waals surface area contributed by atoms with Crippen LogP contribution in [0.1, 0.15) is 36.1 Å². The molecule has 5 heteroatoms. The Morgan fingerprint density at radius 1 is 0.833 bits per heavy atom. The largest absolute Gasteiger partial charge is 0.333 e. The first-order valence-electron chi connectivity index (χ1n) is 13.0. The molecule has 0 unspecified atom stereocenters. The number of piperazine rings is 1. The monoisotopic (exact) mass is 480 g/mol. The van der Waals surface area contributed by atoms with Crippen molar-refractivity contribution < 1.29 is 0 Å². The predicted molar refractivity (Wildman–Crippen MR) is 149 cm³/mol. The van der Waals surface area contributed by atoms with Crippen molar-refractivity contribution in [1.29, 1.82) is 0 Å². The summed E-state index contributed by atoms with van der Waals surface area (Å²) in [5.74, 6) is 0. The van der Waals surface area contributed by atoms with Crippen molar-refractivity contribution >= 4 is 16.7 Å². The van der Waals surface area contributed by atoms with Gasteiger partial charge in [-0.05, 0) is 55.6 Å². The Hall–Kier alpha value is -3.41. The van der Waals surface area contributed by atoms with Crippen LogP contribution in [0.4, 0.5) is 0 Å². The van der Waals surface area contributed by atoms with Gasteiger partial charge in [-0.15, -0.1) is 0 Å². The second-order valence-corrected chi connectivity index (χ2v) is 9.95. The standard InChI is InChI=1S/C31H36N4O/c1-24(2)35-28-16-15-25(3)23-29(28)34(31(35)36)18-10-17-32-19-21-33(22-20-32)30(26-11-6-4-7-12-26)27-13-8-5-9-14-27/h4-9,11-16,23,30H,1,10,17-22H2,2-3H3. The van der Waals surface area contributed by atoms with Gasteiger partial charge in [0.15, 0.2) is 0 Å². The number of aromatic nitrogens is 2. The smallest absolute Gasteiger partial charge is 0.301 e. The third-order valence-electron chi connectivity index (χ3n) is 7.33. The molecular weight excluding hydrogens is 444 g/mol. The summed E-state index contributed by atoms with van der Waals surface area (Å²) in [6, 6.07) is 28.2. The van der Waals surface area contributed by atoms with E-state index in [0.717, 1.165) is 68.0 Å². The first-order valence-corrected chi connectivity index (χ1v) is 13.0. The van der Waals surface area contributed by atoms with Crippen LogP contribution in [0.15, 0.2) is 90.2 Å². The molecule has 1 aromatic heterocycles. The van der Waals surface area contributed by atoms with Crippen LogP contribution in [-0.4, -0.2) is 51.7 Å². The van der Waals surface area contributed by atoms with E-state index in [1.54, 1.807) is 4.57 Å². The summed E-state index contributed by atoms with van der Waals surface area (Å²) in [4.78, 5) is 18.3. The fourth-order valence-corrected chi connectivity index (χ4v) is 5.53. The van der Waals surface area contributed by atoms with Crippen LogP contribution in [0.2, 0.25) is 0 Å². The van der Waals surface area contributed by atoms with Crippen LogP contribution in [0, 0.1) is 6.92 Å². The van der Waals surface area contributed by atoms with Crippen molar-refractivity contribution in [1.82, 2.24) is 18.9 Å². The Morgan fingerprint density at radius 3 is 2.03 bits per heavy atom. The molecule has 0 saturated carbocycles. The van der Waals surface area contributed by atoms with Gasteiger partial charge in [0.1, 0.15) is 0 Å². The van der Waals surface area contributed by atoms with Crippen LogP contribution < -0.4 is 5.69 Å². The summed E-state index contributed by atoms with van der Waals surface area (Å²) in [7, 11) is 0. The molecule has 36 heavy (non-hydrogen) atoms. The maximum absolute atomic E-state index is 13.2. The average Bonchev–Trinajstić information content (AvgIpc) is 3.17. The number of aryl methyl sites for hydroxylation is 2. The number of benzene rings is 3. The lowest BCUT2D eigenvalue weighted by molar-refractivity contribution is 0.108. The summed E-state index contributed by atoms with van der Waals surface area (Å²) in [6.07, 6.45) is 0.948. The lowest BCUT2D eigenvalue weighted by Crippen LogP contribution is -2.48. The molecule has 0 atom stereocenters. The summed E-state index contributed by atoms with van der Waals surface area (Å²) in [6.45, 7) is 13.8. The fourth-order valence-electron chi connectivity index (χ4n) is 5.53. The Balaban J connectivity index is 1.24. The molecule has 1 aliphatic heterocycles. The van der Waals surface area contributed by atoms with Gasteiger partial charge in [0, 0.05) is 38.4 Å². The zero-order valence-electron chi connectivity index (χ0n) is 21.4. The van der Waals surface area contributed by atoms with Crippen LogP contribution in [0.25, 0.3) is 16.7 Å². The molecule has 0 bridgehead atoms. The molecule has 0 amide bonds. The molecule has 0 spiro atoms. The van der Waals surface area contributed by atoms with E-state index in [9.17, 15) is 4.79 Å². The molecule has 0 N–H and O–H groups in total. The average molecular weight is 481 g/mol. The normalized spacial score (nSPS) is 15.1. The molecule has 5 rings (SSSR count). The maximum Gasteiger partial charge on any atom is 0.333 e. The Morgan fingerprint density at radius 2 is 1.44 bits per heavy atom. The van der Waals surface area contributed by atoms with Crippen molar-refractivity contribution in [2.45, 2.75) is 32.9 Å². The van der Waals surface area contributed by atoms with Crippen molar-refractivity contribution in [2.75, 3.05) is 32.7 Å². The molecular formula is C31H36N4O. The van der Waals surface area contributed by atoms with E-state index in [1.165, 1.54) is 11.1 Å². The lowest BCUT2D eigenvalue weighted by Gasteiger charge is -2.39. The highest BCUT2D eigenvalue weighted by Crippen LogP contribution is 2.29. The van der Waals surface area contributed by atoms with E-state index >= 15 is 0 Å². The van der Waals surface area contributed by atoms with Crippen LogP contribution >= 0.6 is 0 Å². The number of rotatable bonds is 8. The van der Waals surface area contributed by atoms with E-state index in [2.05, 4.69) is 96.1 Å². The minimum absolute atomic E-state index is 0.0153. The van der Waals surface area contributed by atoms with Gasteiger partial charge in [-0.1, -0.05) is 73.3 Å². The second kappa shape index (κ2) is 10.7. The highest BCUT2D eigenvalue weighted by Gasteiger charge is 2.26. The highest BCUT2D eigenvalue weighted by molar-refractivity contribution is 5.80. The molecule has 1 fully saturated rings. The van der Waals surface area contributed by atoms with Crippen molar-refractivity contribution in [3.8, 4) is 0 Å². The van der Waals surface area contributed by atoms with Gasteiger partial charge in [0.25, 0.3) is 0 Å². The molecule has 2 heterocycles. The SMILES string of the molecule is C=C(C)n1c(=O)n(CCCN2CCN(C(c3ccccc3)c3ccccc3)CC2)c2cc(C)ccc21. The quantitative estimate of drug-likeness (QED) is 0.339. The fraction of sp³-hybridized carbons (Fsp3) is 0.323. The summed E-state index contributed by atoms with van der Waals surface area (Å²) < 4.78 is 3.66. The predicted octanol–water partition coefficient (Wildman–Crippen LogP) is 5.40.